The highest BCUT2D eigenvalue weighted by molar-refractivity contribution is 6.11. The van der Waals surface area contributed by atoms with Crippen LogP contribution in [0.15, 0.2) is 233 Å². The van der Waals surface area contributed by atoms with Crippen LogP contribution in [-0.4, -0.2) is 40.1 Å². The predicted molar refractivity (Wildman–Crippen MR) is 285 cm³/mol. The lowest BCUT2D eigenvalue weighted by atomic mass is 9.74. The molecule has 0 fully saturated rings. The molecule has 0 saturated carbocycles. The van der Waals surface area contributed by atoms with E-state index >= 15 is 0 Å². The topological polar surface area (TPSA) is 74.0 Å². The van der Waals surface area contributed by atoms with E-state index in [9.17, 15) is 4.79 Å². The molecule has 0 saturated heterocycles. The molecule has 0 N–H and O–H groups in total. The molecule has 72 heavy (non-hydrogen) atoms. The second kappa shape index (κ2) is 17.6. The van der Waals surface area contributed by atoms with Crippen molar-refractivity contribution in [1.82, 2.24) is 9.88 Å². The van der Waals surface area contributed by atoms with E-state index in [1.165, 1.54) is 27.8 Å². The molecular weight excluding hydrogens is 889 g/mol. The summed E-state index contributed by atoms with van der Waals surface area (Å²) in [5.74, 6) is 1.86. The van der Waals surface area contributed by atoms with Crippen LogP contribution in [0.25, 0.3) is 60.8 Å². The molecule has 7 aromatic rings. The molecule has 2 aliphatic heterocycles. The van der Waals surface area contributed by atoms with Gasteiger partial charge in [0.05, 0.1) is 12.0 Å². The normalized spacial score (nSPS) is 24.6. The fourth-order valence-electron chi connectivity index (χ4n) is 12.6. The highest BCUT2D eigenvalue weighted by atomic mass is 16.5. The number of hydrogen-bond donors (Lipinski definition) is 0. The average molecular weight is 941 g/mol. The van der Waals surface area contributed by atoms with Crippen LogP contribution >= 0.6 is 0 Å². The Bertz CT molecular complexity index is 3650. The van der Waals surface area contributed by atoms with Crippen LogP contribution in [0.2, 0.25) is 0 Å². The van der Waals surface area contributed by atoms with E-state index in [2.05, 4.69) is 163 Å². The van der Waals surface area contributed by atoms with Crippen molar-refractivity contribution in [3.63, 3.8) is 0 Å². The molecular formula is C65H52N2O5. The summed E-state index contributed by atoms with van der Waals surface area (Å²) in [6.45, 7) is 0.210. The van der Waals surface area contributed by atoms with Gasteiger partial charge in [0.15, 0.2) is 5.58 Å². The van der Waals surface area contributed by atoms with E-state index in [0.29, 0.717) is 5.89 Å². The van der Waals surface area contributed by atoms with E-state index in [-0.39, 0.29) is 48.7 Å². The maximum atomic E-state index is 14.8. The van der Waals surface area contributed by atoms with Crippen molar-refractivity contribution in [2.45, 2.75) is 63.0 Å². The molecule has 352 valence electrons. The average Bonchev–Trinajstić information content (AvgIpc) is 4.17. The lowest BCUT2D eigenvalue weighted by Crippen LogP contribution is -2.55. The van der Waals surface area contributed by atoms with Gasteiger partial charge < -0.3 is 23.5 Å². The molecule has 5 aliphatic carbocycles. The van der Waals surface area contributed by atoms with Crippen molar-refractivity contribution in [3.8, 4) is 22.6 Å². The maximum Gasteiger partial charge on any atom is 0.315 e. The first-order valence-corrected chi connectivity index (χ1v) is 25.6. The van der Waals surface area contributed by atoms with Crippen molar-refractivity contribution in [3.05, 3.63) is 240 Å². The van der Waals surface area contributed by atoms with Gasteiger partial charge in [0.25, 0.3) is 0 Å². The van der Waals surface area contributed by atoms with Gasteiger partial charge in [-0.1, -0.05) is 152 Å². The van der Waals surface area contributed by atoms with Crippen molar-refractivity contribution in [1.29, 1.82) is 0 Å². The number of fused-ring (bicyclic) bond motifs is 8. The molecule has 6 unspecified atom stereocenters. The summed E-state index contributed by atoms with van der Waals surface area (Å²) < 4.78 is 26.4. The summed E-state index contributed by atoms with van der Waals surface area (Å²) in [4.78, 5) is 22.5. The first-order valence-electron chi connectivity index (χ1n) is 25.6. The lowest BCUT2D eigenvalue weighted by Gasteiger charge is -2.49. The number of hydrogen-bond acceptors (Lipinski definition) is 7. The number of nitrogens with zero attached hydrogens (tertiary/aromatic N) is 2. The Hall–Kier alpha value is -8.16. The zero-order valence-corrected chi connectivity index (χ0v) is 39.8. The van der Waals surface area contributed by atoms with Crippen LogP contribution in [-0.2, 0) is 25.6 Å². The van der Waals surface area contributed by atoms with E-state index in [1.54, 1.807) is 0 Å². The number of carbonyl (C=O) groups is 1. The monoisotopic (exact) mass is 940 g/mol. The Morgan fingerprint density at radius 2 is 1.54 bits per heavy atom. The Labute approximate surface area is 418 Å². The number of ether oxygens (including phenoxy) is 3. The fraction of sp³-hybridized carbons (Fsp3) is 0.200. The number of esters is 1. The standard InChI is InChI=1S/C65H52N2O5/c68-65(69-39-40-14-2-1-3-15-40)52-34-35-58-61(51-23-9-11-26-56(51)71-58)63(52)67(54-24-13-27-57-60(54)50-22-8-10-25-55(50)70-57)47-32-30-42(31-33-47)44-18-12-19-45(36-44)53-38-59-62(49-21-7-6-20-48(49)53)66-64(72-59)46-29-28-41-16-4-5-17-43(41)37-46/h1-9,11-23,26-30,32,34-38,51-52,54,56-57,60,63H,10,24-25,31,33,39H2/t51?,52?,54?,56?,57?,60-,63?/m1/s1. The van der Waals surface area contributed by atoms with Crippen molar-refractivity contribution in [2.24, 2.45) is 17.8 Å². The third-order valence-electron chi connectivity index (χ3n) is 15.9. The Kier molecular flexibility index (Phi) is 10.4. The number of benzene rings is 6. The molecule has 0 spiro atoms. The van der Waals surface area contributed by atoms with Gasteiger partial charge in [0, 0.05) is 46.5 Å². The van der Waals surface area contributed by atoms with E-state index in [0.717, 1.165) is 98.7 Å². The number of aromatic nitrogens is 1. The zero-order chi connectivity index (χ0) is 47.7. The molecule has 7 heteroatoms. The van der Waals surface area contributed by atoms with Crippen LogP contribution < -0.4 is 0 Å². The van der Waals surface area contributed by atoms with Crippen molar-refractivity contribution >= 4 is 44.2 Å². The molecule has 7 atom stereocenters. The number of allylic oxidation sites excluding steroid dienone is 10. The predicted octanol–water partition coefficient (Wildman–Crippen LogP) is 14.5. The van der Waals surface area contributed by atoms with Crippen LogP contribution in [0.3, 0.4) is 0 Å². The summed E-state index contributed by atoms with van der Waals surface area (Å²) in [6.07, 6.45) is 30.6. The van der Waals surface area contributed by atoms with Gasteiger partial charge in [0.2, 0.25) is 5.89 Å². The molecule has 0 bridgehead atoms. The second-order valence-electron chi connectivity index (χ2n) is 20.0. The molecule has 0 radical (unpaired) electrons. The molecule has 3 heterocycles. The first-order chi connectivity index (χ1) is 35.6. The van der Waals surface area contributed by atoms with Gasteiger partial charge in [-0.25, -0.2) is 4.98 Å². The van der Waals surface area contributed by atoms with E-state index in [1.807, 2.05) is 42.5 Å². The first kappa shape index (κ1) is 42.7. The molecule has 6 aromatic carbocycles. The molecule has 14 rings (SSSR count). The quantitative estimate of drug-likeness (QED) is 0.105. The number of rotatable bonds is 9. The summed E-state index contributed by atoms with van der Waals surface area (Å²) in [7, 11) is 0. The molecule has 7 nitrogen and oxygen atoms in total. The smallest absolute Gasteiger partial charge is 0.315 e. The number of carbonyl (C=O) groups excluding carboxylic acids is 1. The highest BCUT2D eigenvalue weighted by Gasteiger charge is 2.52. The van der Waals surface area contributed by atoms with Gasteiger partial charge in [-0.2, -0.15) is 0 Å². The van der Waals surface area contributed by atoms with E-state index < -0.39 is 5.92 Å². The Morgan fingerprint density at radius 3 is 2.44 bits per heavy atom. The zero-order valence-electron chi connectivity index (χ0n) is 39.8. The summed E-state index contributed by atoms with van der Waals surface area (Å²) in [5, 5.41) is 4.53. The third-order valence-corrected chi connectivity index (χ3v) is 15.9. The lowest BCUT2D eigenvalue weighted by molar-refractivity contribution is -0.150. The van der Waals surface area contributed by atoms with Crippen LogP contribution in [0, 0.1) is 17.8 Å². The van der Waals surface area contributed by atoms with Gasteiger partial charge in [-0.15, -0.1) is 0 Å². The third kappa shape index (κ3) is 7.32. The molecule has 7 aliphatic rings. The largest absolute Gasteiger partial charge is 0.490 e. The van der Waals surface area contributed by atoms with Crippen LogP contribution in [0.4, 0.5) is 0 Å². The fourth-order valence-corrected chi connectivity index (χ4v) is 12.6. The Morgan fingerprint density at radius 1 is 0.694 bits per heavy atom. The minimum absolute atomic E-state index is 0.0117. The summed E-state index contributed by atoms with van der Waals surface area (Å²) >= 11 is 0. The van der Waals surface area contributed by atoms with Gasteiger partial charge in [-0.05, 0) is 124 Å². The van der Waals surface area contributed by atoms with Crippen molar-refractivity contribution in [2.75, 3.05) is 0 Å². The minimum atomic E-state index is -0.570. The van der Waals surface area contributed by atoms with Gasteiger partial charge in [0.1, 0.15) is 35.8 Å². The van der Waals surface area contributed by atoms with Crippen LogP contribution in [0.1, 0.15) is 43.2 Å². The number of oxazole rings is 1. The minimum Gasteiger partial charge on any atom is -0.490 e. The summed E-state index contributed by atoms with van der Waals surface area (Å²) in [6, 6.07) is 44.0. The van der Waals surface area contributed by atoms with E-state index in [4.69, 9.17) is 23.6 Å². The highest BCUT2D eigenvalue weighted by Crippen LogP contribution is 2.51. The summed E-state index contributed by atoms with van der Waals surface area (Å²) in [5.41, 5.74) is 11.9. The van der Waals surface area contributed by atoms with Gasteiger partial charge >= 0.3 is 5.97 Å². The molecule has 1 aromatic heterocycles. The molecule has 0 amide bonds. The Balaban J connectivity index is 0.853. The van der Waals surface area contributed by atoms with Crippen LogP contribution in [0.5, 0.6) is 0 Å². The SMILES string of the molecule is O=C(OCc1ccccc1)C1C=CC2=C(C3C=CC=CC3O2)C1N(C1=CC=C(c2cccc(-c3cc4oc(-c5ccc6ccccc6c5)nc4c4ccccc34)c2)CC1)C1CC=CC2OC3=C(C=CCC3)[C@@H]21. The maximum absolute atomic E-state index is 14.8. The van der Waals surface area contributed by atoms with Gasteiger partial charge in [-0.3, -0.25) is 4.79 Å². The van der Waals surface area contributed by atoms with Crippen molar-refractivity contribution < 1.29 is 23.4 Å². The second-order valence-corrected chi connectivity index (χ2v) is 20.0.